The number of rotatable bonds is 3. The van der Waals surface area contributed by atoms with Crippen molar-refractivity contribution >= 4 is 11.9 Å². The minimum atomic E-state index is -1.08. The number of carboxylic acids is 1. The summed E-state index contributed by atoms with van der Waals surface area (Å²) in [6.45, 7) is 1.39. The van der Waals surface area contributed by atoms with Crippen LogP contribution in [0.2, 0.25) is 0 Å². The fourth-order valence-corrected chi connectivity index (χ4v) is 1.17. The normalized spacial score (nSPS) is 18.5. The molecule has 1 rings (SSSR count). The topological polar surface area (TPSA) is 66.4 Å². The van der Waals surface area contributed by atoms with Crippen LogP contribution in [0, 0.1) is 5.92 Å². The quantitative estimate of drug-likeness (QED) is 0.495. The van der Waals surface area contributed by atoms with Gasteiger partial charge in [-0.1, -0.05) is 12.2 Å². The molecule has 0 bridgehead atoms. The number of aliphatic carboxylic acids is 1. The van der Waals surface area contributed by atoms with Crippen LogP contribution in [-0.2, 0) is 9.59 Å². The van der Waals surface area contributed by atoms with Gasteiger partial charge >= 0.3 is 5.97 Å². The Morgan fingerprint density at radius 3 is 2.46 bits per heavy atom. The number of hydrogen-bond acceptors (Lipinski definition) is 2. The second-order valence-corrected chi connectivity index (χ2v) is 3.21. The Kier molecular flexibility index (Phi) is 3.06. The Balaban J connectivity index is 2.36. The molecule has 2 N–H and O–H groups in total. The van der Waals surface area contributed by atoms with E-state index in [9.17, 15) is 9.59 Å². The molecule has 0 radical (unpaired) electrons. The lowest BCUT2D eigenvalue weighted by molar-refractivity contribution is -0.146. The number of carboxylic acid groups (broad SMARTS) is 1. The van der Waals surface area contributed by atoms with Gasteiger partial charge in [-0.2, -0.15) is 0 Å². The van der Waals surface area contributed by atoms with Crippen LogP contribution in [0.4, 0.5) is 0 Å². The van der Waals surface area contributed by atoms with E-state index in [-0.39, 0.29) is 6.04 Å². The van der Waals surface area contributed by atoms with Gasteiger partial charge in [-0.25, -0.2) is 0 Å². The first-order chi connectivity index (χ1) is 6.11. The standard InChI is InChI=1S/C9H13NO3/c1-6(9(12)13)8(11)10-7-4-2-3-5-7/h2-3,6-7H,4-5H2,1H3,(H,10,11)(H,12,13). The van der Waals surface area contributed by atoms with E-state index in [1.165, 1.54) is 6.92 Å². The van der Waals surface area contributed by atoms with Crippen LogP contribution in [0.3, 0.4) is 0 Å². The maximum absolute atomic E-state index is 11.2. The zero-order chi connectivity index (χ0) is 9.84. The molecule has 4 nitrogen and oxygen atoms in total. The number of amides is 1. The van der Waals surface area contributed by atoms with Crippen LogP contribution in [0.15, 0.2) is 12.2 Å². The van der Waals surface area contributed by atoms with E-state index in [0.29, 0.717) is 0 Å². The Bertz CT molecular complexity index is 239. The van der Waals surface area contributed by atoms with E-state index in [1.54, 1.807) is 0 Å². The van der Waals surface area contributed by atoms with Crippen LogP contribution >= 0.6 is 0 Å². The highest BCUT2D eigenvalue weighted by Crippen LogP contribution is 2.09. The van der Waals surface area contributed by atoms with Gasteiger partial charge in [0.15, 0.2) is 0 Å². The van der Waals surface area contributed by atoms with Crippen molar-refractivity contribution < 1.29 is 14.7 Å². The third-order valence-electron chi connectivity index (χ3n) is 2.12. The van der Waals surface area contributed by atoms with Crippen LogP contribution in [0.25, 0.3) is 0 Å². The number of carbonyl (C=O) groups is 2. The molecule has 0 aromatic carbocycles. The summed E-state index contributed by atoms with van der Waals surface area (Å²) in [5.41, 5.74) is 0. The van der Waals surface area contributed by atoms with Crippen LogP contribution in [-0.4, -0.2) is 23.0 Å². The highest BCUT2D eigenvalue weighted by atomic mass is 16.4. The number of nitrogens with one attached hydrogen (secondary N) is 1. The van der Waals surface area contributed by atoms with Gasteiger partial charge in [0, 0.05) is 6.04 Å². The molecule has 4 heteroatoms. The van der Waals surface area contributed by atoms with Crippen molar-refractivity contribution in [2.24, 2.45) is 5.92 Å². The third kappa shape index (κ3) is 2.57. The molecule has 72 valence electrons. The fourth-order valence-electron chi connectivity index (χ4n) is 1.17. The van der Waals surface area contributed by atoms with Gasteiger partial charge in [0.25, 0.3) is 0 Å². The Hall–Kier alpha value is -1.32. The first-order valence-corrected chi connectivity index (χ1v) is 4.29. The lowest BCUT2D eigenvalue weighted by Gasteiger charge is -2.13. The van der Waals surface area contributed by atoms with E-state index in [0.717, 1.165) is 12.8 Å². The summed E-state index contributed by atoms with van der Waals surface area (Å²) < 4.78 is 0. The van der Waals surface area contributed by atoms with Gasteiger partial charge in [-0.3, -0.25) is 9.59 Å². The van der Waals surface area contributed by atoms with Gasteiger partial charge in [0.2, 0.25) is 5.91 Å². The van der Waals surface area contributed by atoms with Crippen LogP contribution in [0.1, 0.15) is 19.8 Å². The average Bonchev–Trinajstić information content (AvgIpc) is 2.55. The van der Waals surface area contributed by atoms with Gasteiger partial charge in [0.1, 0.15) is 5.92 Å². The Morgan fingerprint density at radius 2 is 2.00 bits per heavy atom. The molecule has 0 saturated heterocycles. The van der Waals surface area contributed by atoms with Gasteiger partial charge in [-0.15, -0.1) is 0 Å². The minimum absolute atomic E-state index is 0.0919. The van der Waals surface area contributed by atoms with Gasteiger partial charge < -0.3 is 10.4 Å². The highest BCUT2D eigenvalue weighted by Gasteiger charge is 2.23. The molecule has 0 saturated carbocycles. The van der Waals surface area contributed by atoms with Crippen molar-refractivity contribution in [1.82, 2.24) is 5.32 Å². The van der Waals surface area contributed by atoms with Gasteiger partial charge in [-0.05, 0) is 19.8 Å². The Labute approximate surface area is 76.6 Å². The highest BCUT2D eigenvalue weighted by molar-refractivity contribution is 5.96. The summed E-state index contributed by atoms with van der Waals surface area (Å²) in [4.78, 5) is 21.7. The molecule has 1 atom stereocenters. The fraction of sp³-hybridized carbons (Fsp3) is 0.556. The van der Waals surface area contributed by atoms with Crippen LogP contribution < -0.4 is 5.32 Å². The second-order valence-electron chi connectivity index (χ2n) is 3.21. The summed E-state index contributed by atoms with van der Waals surface area (Å²) in [5, 5.41) is 11.2. The summed E-state index contributed by atoms with van der Waals surface area (Å²) in [7, 11) is 0. The first kappa shape index (κ1) is 9.77. The minimum Gasteiger partial charge on any atom is -0.481 e. The predicted molar refractivity (Wildman–Crippen MR) is 47.1 cm³/mol. The summed E-state index contributed by atoms with van der Waals surface area (Å²) >= 11 is 0. The lowest BCUT2D eigenvalue weighted by atomic mass is 10.1. The SMILES string of the molecule is CC(C(=O)O)C(=O)NC1CC=CC1. The van der Waals surface area contributed by atoms with E-state index in [1.807, 2.05) is 12.2 Å². The van der Waals surface area contributed by atoms with Gasteiger partial charge in [0.05, 0.1) is 0 Å². The van der Waals surface area contributed by atoms with E-state index < -0.39 is 17.8 Å². The van der Waals surface area contributed by atoms with Crippen LogP contribution in [0.5, 0.6) is 0 Å². The molecule has 0 spiro atoms. The zero-order valence-corrected chi connectivity index (χ0v) is 7.49. The van der Waals surface area contributed by atoms with Crippen molar-refractivity contribution in [2.45, 2.75) is 25.8 Å². The molecule has 0 aromatic rings. The molecule has 1 amide bonds. The monoisotopic (exact) mass is 183 g/mol. The van der Waals surface area contributed by atoms with Crippen molar-refractivity contribution in [1.29, 1.82) is 0 Å². The predicted octanol–water partition coefficient (Wildman–Crippen LogP) is 0.542. The van der Waals surface area contributed by atoms with E-state index in [2.05, 4.69) is 5.32 Å². The van der Waals surface area contributed by atoms with Crippen molar-refractivity contribution in [3.05, 3.63) is 12.2 Å². The molecular weight excluding hydrogens is 170 g/mol. The molecule has 0 aliphatic heterocycles. The lowest BCUT2D eigenvalue weighted by Crippen LogP contribution is -2.39. The molecule has 13 heavy (non-hydrogen) atoms. The number of carbonyl (C=O) groups excluding carboxylic acids is 1. The largest absolute Gasteiger partial charge is 0.481 e. The molecule has 0 aromatic heterocycles. The van der Waals surface area contributed by atoms with Crippen molar-refractivity contribution in [2.75, 3.05) is 0 Å². The maximum Gasteiger partial charge on any atom is 0.315 e. The first-order valence-electron chi connectivity index (χ1n) is 4.29. The van der Waals surface area contributed by atoms with Crippen molar-refractivity contribution in [3.63, 3.8) is 0 Å². The molecule has 1 aliphatic rings. The summed E-state index contributed by atoms with van der Waals surface area (Å²) in [6.07, 6.45) is 5.57. The molecular formula is C9H13NO3. The smallest absolute Gasteiger partial charge is 0.315 e. The van der Waals surface area contributed by atoms with E-state index >= 15 is 0 Å². The summed E-state index contributed by atoms with van der Waals surface area (Å²) in [5.74, 6) is -2.44. The summed E-state index contributed by atoms with van der Waals surface area (Å²) in [6, 6.07) is 0.0919. The third-order valence-corrected chi connectivity index (χ3v) is 2.12. The van der Waals surface area contributed by atoms with E-state index in [4.69, 9.17) is 5.11 Å². The van der Waals surface area contributed by atoms with Crippen molar-refractivity contribution in [3.8, 4) is 0 Å². The Morgan fingerprint density at radius 1 is 1.46 bits per heavy atom. The molecule has 1 unspecified atom stereocenters. The molecule has 1 aliphatic carbocycles. The zero-order valence-electron chi connectivity index (χ0n) is 7.49. The maximum atomic E-state index is 11.2. The molecule has 0 fully saturated rings. The average molecular weight is 183 g/mol. The number of hydrogen-bond donors (Lipinski definition) is 2. The molecule has 0 heterocycles. The second kappa shape index (κ2) is 4.07.